The van der Waals surface area contributed by atoms with Gasteiger partial charge in [0.1, 0.15) is 0 Å². The van der Waals surface area contributed by atoms with Crippen molar-refractivity contribution in [1.29, 1.82) is 10.5 Å². The molecule has 0 heterocycles. The minimum atomic E-state index is -0.277. The zero-order valence-corrected chi connectivity index (χ0v) is 9.65. The molecule has 0 amide bonds. The van der Waals surface area contributed by atoms with E-state index in [0.29, 0.717) is 18.3 Å². The van der Waals surface area contributed by atoms with E-state index in [1.807, 2.05) is 0 Å². The van der Waals surface area contributed by atoms with Gasteiger partial charge in [0, 0.05) is 0 Å². The number of nitriles is 2. The Kier molecular flexibility index (Phi) is 2.21. The molecular weight excluding hydrogens is 196 g/mol. The first-order valence-electron chi connectivity index (χ1n) is 6.58. The Balaban J connectivity index is 2.00. The molecule has 5 unspecified atom stereocenters. The van der Waals surface area contributed by atoms with Crippen LogP contribution in [0.25, 0.3) is 0 Å². The van der Waals surface area contributed by atoms with Crippen molar-refractivity contribution in [1.82, 2.24) is 0 Å². The molecule has 3 fully saturated rings. The molecule has 2 heteroatoms. The van der Waals surface area contributed by atoms with Crippen molar-refractivity contribution >= 4 is 0 Å². The van der Waals surface area contributed by atoms with Gasteiger partial charge in [0.25, 0.3) is 0 Å². The van der Waals surface area contributed by atoms with Crippen molar-refractivity contribution in [2.24, 2.45) is 29.1 Å². The Morgan fingerprint density at radius 1 is 1.00 bits per heavy atom. The lowest BCUT2D eigenvalue weighted by Gasteiger charge is -2.42. The number of hydrogen-bond donors (Lipinski definition) is 0. The van der Waals surface area contributed by atoms with E-state index in [2.05, 4.69) is 12.1 Å². The van der Waals surface area contributed by atoms with Crippen LogP contribution in [0.1, 0.15) is 44.9 Å². The largest absolute Gasteiger partial charge is 0.198 e. The molecule has 16 heavy (non-hydrogen) atoms. The standard InChI is InChI=1S/C14H18N2/c15-5-4-14(9-16)12-3-1-2-10-6-13(14)8-11(10)7-12/h10-13H,1-4,6-8H2. The van der Waals surface area contributed by atoms with E-state index in [0.717, 1.165) is 11.8 Å². The molecule has 0 saturated heterocycles. The minimum absolute atomic E-state index is 0.277. The topological polar surface area (TPSA) is 47.6 Å². The average molecular weight is 214 g/mol. The summed E-state index contributed by atoms with van der Waals surface area (Å²) in [5.41, 5.74) is -0.277. The van der Waals surface area contributed by atoms with E-state index in [1.54, 1.807) is 0 Å². The second kappa shape index (κ2) is 3.49. The van der Waals surface area contributed by atoms with E-state index >= 15 is 0 Å². The molecule has 3 rings (SSSR count). The van der Waals surface area contributed by atoms with E-state index in [-0.39, 0.29) is 5.41 Å². The molecule has 0 radical (unpaired) electrons. The fourth-order valence-corrected chi connectivity index (χ4v) is 4.83. The second-order valence-corrected chi connectivity index (χ2v) is 6.04. The first kappa shape index (κ1) is 10.2. The zero-order valence-electron chi connectivity index (χ0n) is 9.65. The third-order valence-electron chi connectivity index (χ3n) is 5.59. The molecule has 3 aliphatic carbocycles. The van der Waals surface area contributed by atoms with Crippen LogP contribution < -0.4 is 0 Å². The molecule has 0 aliphatic heterocycles. The van der Waals surface area contributed by atoms with Crippen molar-refractivity contribution in [2.45, 2.75) is 44.9 Å². The van der Waals surface area contributed by atoms with Gasteiger partial charge in [-0.2, -0.15) is 10.5 Å². The molecule has 0 N–H and O–H groups in total. The van der Waals surface area contributed by atoms with Crippen LogP contribution in [0, 0.1) is 51.7 Å². The molecule has 5 atom stereocenters. The maximum absolute atomic E-state index is 9.60. The Hall–Kier alpha value is -1.02. The predicted octanol–water partition coefficient (Wildman–Crippen LogP) is 3.26. The third-order valence-corrected chi connectivity index (χ3v) is 5.59. The Morgan fingerprint density at radius 3 is 2.50 bits per heavy atom. The molecular formula is C14H18N2. The van der Waals surface area contributed by atoms with Crippen LogP contribution in [0.3, 0.4) is 0 Å². The van der Waals surface area contributed by atoms with Crippen molar-refractivity contribution in [3.05, 3.63) is 0 Å². The fraction of sp³-hybridized carbons (Fsp3) is 0.857. The van der Waals surface area contributed by atoms with Gasteiger partial charge >= 0.3 is 0 Å². The summed E-state index contributed by atoms with van der Waals surface area (Å²) in [6, 6.07) is 4.87. The van der Waals surface area contributed by atoms with Gasteiger partial charge in [-0.15, -0.1) is 0 Å². The summed E-state index contributed by atoms with van der Waals surface area (Å²) in [6.45, 7) is 0. The van der Waals surface area contributed by atoms with E-state index in [4.69, 9.17) is 5.26 Å². The third kappa shape index (κ3) is 1.17. The van der Waals surface area contributed by atoms with Crippen molar-refractivity contribution in [2.75, 3.05) is 0 Å². The molecule has 3 aliphatic rings. The number of nitrogens with zero attached hydrogens (tertiary/aromatic N) is 2. The van der Waals surface area contributed by atoms with Crippen LogP contribution in [0.5, 0.6) is 0 Å². The summed E-state index contributed by atoms with van der Waals surface area (Å²) >= 11 is 0. The van der Waals surface area contributed by atoms with Crippen LogP contribution in [0.4, 0.5) is 0 Å². The van der Waals surface area contributed by atoms with Gasteiger partial charge in [-0.25, -0.2) is 0 Å². The predicted molar refractivity (Wildman–Crippen MR) is 59.9 cm³/mol. The minimum Gasteiger partial charge on any atom is -0.198 e. The molecule has 0 aromatic rings. The SMILES string of the molecule is N#CCC1(C#N)C2CCCC3CC1CC3C2. The smallest absolute Gasteiger partial charge is 0.0760 e. The Morgan fingerprint density at radius 2 is 1.75 bits per heavy atom. The van der Waals surface area contributed by atoms with Gasteiger partial charge in [-0.05, 0) is 49.4 Å². The summed E-state index contributed by atoms with van der Waals surface area (Å²) in [6.07, 6.45) is 8.03. The lowest BCUT2D eigenvalue weighted by atomic mass is 9.59. The van der Waals surface area contributed by atoms with Crippen molar-refractivity contribution < 1.29 is 0 Å². The molecule has 0 spiro atoms. The van der Waals surface area contributed by atoms with Gasteiger partial charge in [0.05, 0.1) is 24.0 Å². The number of rotatable bonds is 1. The quantitative estimate of drug-likeness (QED) is 0.672. The second-order valence-electron chi connectivity index (χ2n) is 6.04. The molecule has 3 bridgehead atoms. The Labute approximate surface area is 97.3 Å². The first-order chi connectivity index (χ1) is 7.80. The maximum atomic E-state index is 9.60. The molecule has 84 valence electrons. The highest BCUT2D eigenvalue weighted by atomic mass is 14.6. The Bertz CT molecular complexity index is 375. The van der Waals surface area contributed by atoms with Crippen LogP contribution in [-0.2, 0) is 0 Å². The van der Waals surface area contributed by atoms with Crippen molar-refractivity contribution in [3.8, 4) is 12.1 Å². The van der Waals surface area contributed by atoms with E-state index < -0.39 is 0 Å². The van der Waals surface area contributed by atoms with Gasteiger partial charge in [-0.3, -0.25) is 0 Å². The van der Waals surface area contributed by atoms with Crippen LogP contribution in [-0.4, -0.2) is 0 Å². The molecule has 0 aromatic heterocycles. The zero-order chi connectivity index (χ0) is 11.2. The number of hydrogen-bond acceptors (Lipinski definition) is 2. The van der Waals surface area contributed by atoms with Crippen LogP contribution in [0.15, 0.2) is 0 Å². The highest BCUT2D eigenvalue weighted by molar-refractivity contribution is 5.16. The first-order valence-corrected chi connectivity index (χ1v) is 6.58. The van der Waals surface area contributed by atoms with Crippen LogP contribution in [0.2, 0.25) is 0 Å². The summed E-state index contributed by atoms with van der Waals surface area (Å²) in [5, 5.41) is 18.6. The highest BCUT2D eigenvalue weighted by Crippen LogP contribution is 2.62. The summed E-state index contributed by atoms with van der Waals surface area (Å²) < 4.78 is 0. The van der Waals surface area contributed by atoms with Gasteiger partial charge in [0.15, 0.2) is 0 Å². The summed E-state index contributed by atoms with van der Waals surface area (Å²) in [5.74, 6) is 2.82. The van der Waals surface area contributed by atoms with Gasteiger partial charge in [0.2, 0.25) is 0 Å². The average Bonchev–Trinajstić information content (AvgIpc) is 2.54. The maximum Gasteiger partial charge on any atom is 0.0760 e. The van der Waals surface area contributed by atoms with Gasteiger partial charge in [-0.1, -0.05) is 12.8 Å². The molecule has 2 nitrogen and oxygen atoms in total. The lowest BCUT2D eigenvalue weighted by Crippen LogP contribution is -2.39. The highest BCUT2D eigenvalue weighted by Gasteiger charge is 2.56. The number of fused-ring (bicyclic) bond motifs is 2. The lowest BCUT2D eigenvalue weighted by molar-refractivity contribution is 0.0835. The monoisotopic (exact) mass is 214 g/mol. The molecule has 0 aromatic carbocycles. The normalized spacial score (nSPS) is 49.4. The molecule has 3 saturated carbocycles. The van der Waals surface area contributed by atoms with Crippen LogP contribution >= 0.6 is 0 Å². The summed E-state index contributed by atoms with van der Waals surface area (Å²) in [4.78, 5) is 0. The van der Waals surface area contributed by atoms with E-state index in [1.165, 1.54) is 38.5 Å². The summed E-state index contributed by atoms with van der Waals surface area (Å²) in [7, 11) is 0. The fourth-order valence-electron chi connectivity index (χ4n) is 4.83. The van der Waals surface area contributed by atoms with E-state index in [9.17, 15) is 5.26 Å². The van der Waals surface area contributed by atoms with Crippen molar-refractivity contribution in [3.63, 3.8) is 0 Å². The van der Waals surface area contributed by atoms with Gasteiger partial charge < -0.3 is 0 Å².